The molecule has 1 amide bonds. The smallest absolute Gasteiger partial charge is 0.267 e. The average Bonchev–Trinajstić information content (AvgIpc) is 2.39. The number of carbonyl (C=O) groups is 1. The Morgan fingerprint density at radius 3 is 2.84 bits per heavy atom. The molecule has 0 aliphatic rings. The summed E-state index contributed by atoms with van der Waals surface area (Å²) in [5.41, 5.74) is 0.280. The monoisotopic (exact) mass is 295 g/mol. The number of rotatable bonds is 5. The largest absolute Gasteiger partial charge is 0.386 e. The van der Waals surface area contributed by atoms with Crippen LogP contribution < -0.4 is 10.6 Å². The summed E-state index contributed by atoms with van der Waals surface area (Å²) in [5, 5.41) is 14.9. The van der Waals surface area contributed by atoms with Gasteiger partial charge in [-0.2, -0.15) is 5.26 Å². The molecule has 2 N–H and O–H groups in total. The Morgan fingerprint density at radius 1 is 1.47 bits per heavy atom. The van der Waals surface area contributed by atoms with Crippen LogP contribution in [0.3, 0.4) is 0 Å². The van der Waals surface area contributed by atoms with Gasteiger partial charge in [-0.1, -0.05) is 29.3 Å². The molecule has 0 aromatic heterocycles. The van der Waals surface area contributed by atoms with Crippen molar-refractivity contribution in [3.63, 3.8) is 0 Å². The summed E-state index contributed by atoms with van der Waals surface area (Å²) in [7, 11) is 0. The molecule has 0 unspecified atom stereocenters. The molecule has 1 rings (SSSR count). The van der Waals surface area contributed by atoms with Gasteiger partial charge in [0.25, 0.3) is 5.91 Å². The second-order valence-electron chi connectivity index (χ2n) is 3.45. The fraction of sp³-hybridized carbons (Fsp3) is 0.0769. The number of hydrogen-bond acceptors (Lipinski definition) is 3. The van der Waals surface area contributed by atoms with Crippen molar-refractivity contribution in [1.29, 1.82) is 5.26 Å². The van der Waals surface area contributed by atoms with Gasteiger partial charge >= 0.3 is 0 Å². The summed E-state index contributed by atoms with van der Waals surface area (Å²) in [6.07, 6.45) is 2.92. The highest BCUT2D eigenvalue weighted by molar-refractivity contribution is 6.35. The minimum absolute atomic E-state index is 0.0714. The predicted octanol–water partition coefficient (Wildman–Crippen LogP) is 3.11. The maximum Gasteiger partial charge on any atom is 0.267 e. The number of nitrogens with zero attached hydrogens (tertiary/aromatic N) is 1. The number of hydrogen-bond donors (Lipinski definition) is 2. The summed E-state index contributed by atoms with van der Waals surface area (Å²) in [6, 6.07) is 6.46. The van der Waals surface area contributed by atoms with Crippen molar-refractivity contribution in [2.45, 2.75) is 0 Å². The third kappa shape index (κ3) is 4.66. The van der Waals surface area contributed by atoms with Crippen molar-refractivity contribution in [3.05, 3.63) is 52.7 Å². The van der Waals surface area contributed by atoms with E-state index >= 15 is 0 Å². The number of anilines is 1. The summed E-state index contributed by atoms with van der Waals surface area (Å²) in [6.45, 7) is 3.96. The molecule has 98 valence electrons. The van der Waals surface area contributed by atoms with Crippen molar-refractivity contribution in [3.8, 4) is 6.07 Å². The van der Waals surface area contributed by atoms with Crippen LogP contribution in [0.15, 0.2) is 42.6 Å². The maximum absolute atomic E-state index is 11.8. The van der Waals surface area contributed by atoms with Crippen LogP contribution in [0.5, 0.6) is 0 Å². The molecule has 0 saturated carbocycles. The van der Waals surface area contributed by atoms with Crippen LogP contribution >= 0.6 is 23.2 Å². The van der Waals surface area contributed by atoms with Crippen molar-refractivity contribution < 1.29 is 4.79 Å². The van der Waals surface area contributed by atoms with Gasteiger partial charge in [0.05, 0.1) is 10.7 Å². The summed E-state index contributed by atoms with van der Waals surface area (Å²) in [4.78, 5) is 11.8. The first-order chi connectivity index (χ1) is 9.08. The van der Waals surface area contributed by atoms with Gasteiger partial charge in [-0.15, -0.1) is 6.58 Å². The number of halogens is 2. The quantitative estimate of drug-likeness (QED) is 0.380. The molecule has 19 heavy (non-hydrogen) atoms. The normalized spacial score (nSPS) is 10.5. The highest BCUT2D eigenvalue weighted by Crippen LogP contribution is 2.25. The van der Waals surface area contributed by atoms with Crippen molar-refractivity contribution in [2.75, 3.05) is 11.9 Å². The first kappa shape index (κ1) is 15.1. The summed E-state index contributed by atoms with van der Waals surface area (Å²) < 4.78 is 0. The highest BCUT2D eigenvalue weighted by atomic mass is 35.5. The standard InChI is InChI=1S/C13H11Cl2N3O/c1-2-5-17-8-9(7-16)13(19)18-12-6-10(14)3-4-11(12)15/h2-4,6,8,17H,1,5H2,(H,18,19)/b9-8-. The van der Waals surface area contributed by atoms with E-state index in [0.29, 0.717) is 22.3 Å². The van der Waals surface area contributed by atoms with Crippen LogP contribution in [-0.4, -0.2) is 12.5 Å². The lowest BCUT2D eigenvalue weighted by molar-refractivity contribution is -0.112. The second kappa shape index (κ2) is 7.47. The molecular formula is C13H11Cl2N3O. The van der Waals surface area contributed by atoms with E-state index in [1.165, 1.54) is 12.3 Å². The Bertz CT molecular complexity index is 561. The van der Waals surface area contributed by atoms with E-state index in [4.69, 9.17) is 28.5 Å². The van der Waals surface area contributed by atoms with Gasteiger partial charge in [0.15, 0.2) is 0 Å². The molecule has 0 aliphatic heterocycles. The minimum Gasteiger partial charge on any atom is -0.386 e. The van der Waals surface area contributed by atoms with E-state index in [9.17, 15) is 4.79 Å². The van der Waals surface area contributed by atoms with E-state index in [1.54, 1.807) is 24.3 Å². The van der Waals surface area contributed by atoms with Crippen LogP contribution in [0.2, 0.25) is 10.0 Å². The Hall–Kier alpha value is -1.96. The molecule has 6 heteroatoms. The Morgan fingerprint density at radius 2 is 2.21 bits per heavy atom. The van der Waals surface area contributed by atoms with E-state index < -0.39 is 5.91 Å². The van der Waals surface area contributed by atoms with Crippen LogP contribution in [0.25, 0.3) is 0 Å². The van der Waals surface area contributed by atoms with Crippen molar-refractivity contribution in [2.24, 2.45) is 0 Å². The van der Waals surface area contributed by atoms with Gasteiger partial charge in [-0.3, -0.25) is 4.79 Å². The number of amides is 1. The fourth-order valence-corrected chi connectivity index (χ4v) is 1.51. The molecule has 0 radical (unpaired) electrons. The van der Waals surface area contributed by atoms with Crippen molar-refractivity contribution in [1.82, 2.24) is 5.32 Å². The molecule has 4 nitrogen and oxygen atoms in total. The van der Waals surface area contributed by atoms with E-state index in [0.717, 1.165) is 0 Å². The zero-order valence-corrected chi connectivity index (χ0v) is 11.4. The van der Waals surface area contributed by atoms with Crippen LogP contribution in [-0.2, 0) is 4.79 Å². The van der Waals surface area contributed by atoms with Gasteiger partial charge < -0.3 is 10.6 Å². The van der Waals surface area contributed by atoms with Crippen molar-refractivity contribution >= 4 is 34.8 Å². The molecule has 0 heterocycles. The van der Waals surface area contributed by atoms with Crippen LogP contribution in [0.1, 0.15) is 0 Å². The van der Waals surface area contributed by atoms with E-state index in [1.807, 2.05) is 0 Å². The molecule has 0 aliphatic carbocycles. The third-order valence-corrected chi connectivity index (χ3v) is 2.61. The van der Waals surface area contributed by atoms with Gasteiger partial charge in [0, 0.05) is 17.8 Å². The molecule has 0 spiro atoms. The molecule has 0 fully saturated rings. The summed E-state index contributed by atoms with van der Waals surface area (Å²) >= 11 is 11.7. The lowest BCUT2D eigenvalue weighted by Crippen LogP contribution is -2.17. The van der Waals surface area contributed by atoms with E-state index in [2.05, 4.69) is 17.2 Å². The topological polar surface area (TPSA) is 64.9 Å². The zero-order chi connectivity index (χ0) is 14.3. The molecule has 1 aromatic rings. The number of benzene rings is 1. The van der Waals surface area contributed by atoms with Gasteiger partial charge in [0.1, 0.15) is 11.6 Å². The SMILES string of the molecule is C=CCN/C=C(/C#N)C(=O)Nc1cc(Cl)ccc1Cl. The number of nitrogens with one attached hydrogen (secondary N) is 2. The number of nitriles is 1. The van der Waals surface area contributed by atoms with E-state index in [-0.39, 0.29) is 5.57 Å². The van der Waals surface area contributed by atoms with Crippen LogP contribution in [0.4, 0.5) is 5.69 Å². The van der Waals surface area contributed by atoms with Gasteiger partial charge in [0.2, 0.25) is 0 Å². The Balaban J connectivity index is 2.83. The van der Waals surface area contributed by atoms with Crippen LogP contribution in [0, 0.1) is 11.3 Å². The second-order valence-corrected chi connectivity index (χ2v) is 4.29. The average molecular weight is 296 g/mol. The Labute approximate surface area is 121 Å². The first-order valence-electron chi connectivity index (χ1n) is 5.29. The Kier molecular flexibility index (Phi) is 5.94. The number of carbonyl (C=O) groups excluding carboxylic acids is 1. The first-order valence-corrected chi connectivity index (χ1v) is 6.05. The summed E-state index contributed by atoms with van der Waals surface area (Å²) in [5.74, 6) is -0.566. The third-order valence-electron chi connectivity index (χ3n) is 2.05. The zero-order valence-electron chi connectivity index (χ0n) is 9.91. The lowest BCUT2D eigenvalue weighted by atomic mass is 10.2. The molecule has 0 atom stereocenters. The lowest BCUT2D eigenvalue weighted by Gasteiger charge is -2.07. The van der Waals surface area contributed by atoms with Gasteiger partial charge in [-0.05, 0) is 18.2 Å². The predicted molar refractivity (Wildman–Crippen MR) is 77.0 cm³/mol. The van der Waals surface area contributed by atoms with Gasteiger partial charge in [-0.25, -0.2) is 0 Å². The highest BCUT2D eigenvalue weighted by Gasteiger charge is 2.11. The minimum atomic E-state index is -0.566. The molecule has 1 aromatic carbocycles. The fourth-order valence-electron chi connectivity index (χ4n) is 1.18. The maximum atomic E-state index is 11.8. The molecule has 0 bridgehead atoms. The molecule has 0 saturated heterocycles. The molecular weight excluding hydrogens is 285 g/mol.